The van der Waals surface area contributed by atoms with Gasteiger partial charge in [-0.05, 0) is 42.7 Å². The molecule has 2 aromatic carbocycles. The highest BCUT2D eigenvalue weighted by molar-refractivity contribution is 5.97. The fourth-order valence-corrected chi connectivity index (χ4v) is 2.29. The van der Waals surface area contributed by atoms with Crippen LogP contribution in [0.2, 0.25) is 0 Å². The molecule has 0 aliphatic carbocycles. The van der Waals surface area contributed by atoms with Gasteiger partial charge in [0, 0.05) is 5.69 Å². The topological polar surface area (TPSA) is 50.4 Å². The lowest BCUT2D eigenvalue weighted by atomic mass is 10.0. The molecule has 2 N–H and O–H groups in total. The summed E-state index contributed by atoms with van der Waals surface area (Å²) >= 11 is 0. The minimum absolute atomic E-state index is 0.0701. The average molecular weight is 348 g/mol. The first-order valence-corrected chi connectivity index (χ1v) is 8.08. The van der Waals surface area contributed by atoms with E-state index in [0.29, 0.717) is 5.92 Å². The van der Waals surface area contributed by atoms with Crippen LogP contribution >= 0.6 is 0 Å². The Labute approximate surface area is 146 Å². The second-order valence-electron chi connectivity index (χ2n) is 6.01. The lowest BCUT2D eigenvalue weighted by molar-refractivity contribution is -0.116. The van der Waals surface area contributed by atoms with Gasteiger partial charge in [-0.15, -0.1) is 0 Å². The van der Waals surface area contributed by atoms with E-state index in [-0.39, 0.29) is 17.3 Å². The van der Waals surface area contributed by atoms with Crippen molar-refractivity contribution < 1.29 is 18.3 Å². The first-order valence-electron chi connectivity index (χ1n) is 8.08. The standard InChI is InChI=1S/C19H22F2N2O2/c1-12(2)14-8-10-15(11-9-14)22-13(3)18(24)23-16-6-4-5-7-17(16)25-19(20)21/h4-13,19,22H,1-3H3,(H,23,24). The first kappa shape index (κ1) is 18.7. The van der Waals surface area contributed by atoms with Gasteiger partial charge in [0.2, 0.25) is 5.91 Å². The molecule has 6 heteroatoms. The first-order chi connectivity index (χ1) is 11.9. The highest BCUT2D eigenvalue weighted by Gasteiger charge is 2.16. The number of alkyl halides is 2. The number of ether oxygens (including phenoxy) is 1. The van der Waals surface area contributed by atoms with Crippen molar-refractivity contribution in [1.29, 1.82) is 0 Å². The van der Waals surface area contributed by atoms with Gasteiger partial charge < -0.3 is 15.4 Å². The van der Waals surface area contributed by atoms with E-state index in [1.165, 1.54) is 17.7 Å². The Hall–Kier alpha value is -2.63. The molecule has 0 aliphatic rings. The second-order valence-corrected chi connectivity index (χ2v) is 6.01. The largest absolute Gasteiger partial charge is 0.433 e. The number of carbonyl (C=O) groups is 1. The number of amides is 1. The van der Waals surface area contributed by atoms with E-state index in [4.69, 9.17) is 0 Å². The van der Waals surface area contributed by atoms with Gasteiger partial charge in [0.05, 0.1) is 5.69 Å². The molecule has 1 unspecified atom stereocenters. The van der Waals surface area contributed by atoms with Crippen LogP contribution in [0.25, 0.3) is 0 Å². The number of anilines is 2. The molecule has 0 radical (unpaired) electrons. The second kappa shape index (κ2) is 8.46. The van der Waals surface area contributed by atoms with Crippen LogP contribution in [0.1, 0.15) is 32.3 Å². The van der Waals surface area contributed by atoms with Crippen molar-refractivity contribution in [3.63, 3.8) is 0 Å². The zero-order valence-corrected chi connectivity index (χ0v) is 14.4. The predicted molar refractivity (Wildman–Crippen MR) is 95.3 cm³/mol. The van der Waals surface area contributed by atoms with Crippen LogP contribution < -0.4 is 15.4 Å². The summed E-state index contributed by atoms with van der Waals surface area (Å²) in [4.78, 5) is 12.3. The van der Waals surface area contributed by atoms with Gasteiger partial charge in [-0.1, -0.05) is 38.1 Å². The maximum Gasteiger partial charge on any atom is 0.387 e. The highest BCUT2D eigenvalue weighted by Crippen LogP contribution is 2.26. The van der Waals surface area contributed by atoms with E-state index < -0.39 is 12.7 Å². The lowest BCUT2D eigenvalue weighted by Gasteiger charge is -2.17. The summed E-state index contributed by atoms with van der Waals surface area (Å²) in [5, 5.41) is 5.69. The summed E-state index contributed by atoms with van der Waals surface area (Å²) < 4.78 is 29.3. The molecule has 1 amide bonds. The van der Waals surface area contributed by atoms with Gasteiger partial charge in [-0.2, -0.15) is 8.78 Å². The fraction of sp³-hybridized carbons (Fsp3) is 0.316. The van der Waals surface area contributed by atoms with Crippen molar-refractivity contribution in [2.75, 3.05) is 10.6 Å². The molecule has 2 rings (SSSR count). The van der Waals surface area contributed by atoms with Crippen LogP contribution in [-0.4, -0.2) is 18.6 Å². The molecular weight excluding hydrogens is 326 g/mol. The molecule has 2 aromatic rings. The monoisotopic (exact) mass is 348 g/mol. The quantitative estimate of drug-likeness (QED) is 0.752. The minimum Gasteiger partial charge on any atom is -0.433 e. The molecule has 0 saturated heterocycles. The molecule has 25 heavy (non-hydrogen) atoms. The Bertz CT molecular complexity index is 703. The van der Waals surface area contributed by atoms with Gasteiger partial charge in [0.25, 0.3) is 0 Å². The molecule has 0 bridgehead atoms. The molecule has 0 aromatic heterocycles. The van der Waals surface area contributed by atoms with Crippen LogP contribution in [0.15, 0.2) is 48.5 Å². The van der Waals surface area contributed by atoms with Crippen molar-refractivity contribution in [2.24, 2.45) is 0 Å². The molecule has 134 valence electrons. The third-order valence-electron chi connectivity index (χ3n) is 3.71. The molecule has 0 aliphatic heterocycles. The fourth-order valence-electron chi connectivity index (χ4n) is 2.29. The zero-order valence-electron chi connectivity index (χ0n) is 14.4. The van der Waals surface area contributed by atoms with Crippen LogP contribution in [-0.2, 0) is 4.79 Å². The van der Waals surface area contributed by atoms with Gasteiger partial charge in [-0.25, -0.2) is 0 Å². The normalized spacial score (nSPS) is 12.1. The summed E-state index contributed by atoms with van der Waals surface area (Å²) in [7, 11) is 0. The summed E-state index contributed by atoms with van der Waals surface area (Å²) in [6.07, 6.45) is 0. The maximum atomic E-state index is 12.4. The average Bonchev–Trinajstić information content (AvgIpc) is 2.56. The molecular formula is C19H22F2N2O2. The van der Waals surface area contributed by atoms with E-state index in [1.807, 2.05) is 24.3 Å². The molecule has 0 saturated carbocycles. The lowest BCUT2D eigenvalue weighted by Crippen LogP contribution is -2.32. The van der Waals surface area contributed by atoms with E-state index >= 15 is 0 Å². The summed E-state index contributed by atoms with van der Waals surface area (Å²) in [5.74, 6) is 0.0127. The van der Waals surface area contributed by atoms with Crippen molar-refractivity contribution >= 4 is 17.3 Å². The molecule has 0 heterocycles. The number of hydrogen-bond acceptors (Lipinski definition) is 3. The molecule has 0 fully saturated rings. The third kappa shape index (κ3) is 5.45. The Balaban J connectivity index is 2.01. The summed E-state index contributed by atoms with van der Waals surface area (Å²) in [6.45, 7) is 2.96. The number of halogens is 2. The van der Waals surface area contributed by atoms with Crippen molar-refractivity contribution in [3.05, 3.63) is 54.1 Å². The Morgan fingerprint density at radius 3 is 2.24 bits per heavy atom. The number of rotatable bonds is 7. The minimum atomic E-state index is -2.95. The Kier molecular flexibility index (Phi) is 6.33. The molecule has 1 atom stereocenters. The van der Waals surface area contributed by atoms with Gasteiger partial charge in [0.15, 0.2) is 0 Å². The SMILES string of the molecule is CC(Nc1ccc(C(C)C)cc1)C(=O)Nc1ccccc1OC(F)F. The van der Waals surface area contributed by atoms with E-state index in [2.05, 4.69) is 29.2 Å². The Morgan fingerprint density at radius 2 is 1.64 bits per heavy atom. The number of benzene rings is 2. The Morgan fingerprint density at radius 1 is 1.00 bits per heavy atom. The summed E-state index contributed by atoms with van der Waals surface area (Å²) in [6, 6.07) is 13.4. The van der Waals surface area contributed by atoms with Crippen LogP contribution in [0.5, 0.6) is 5.75 Å². The highest BCUT2D eigenvalue weighted by atomic mass is 19.3. The van der Waals surface area contributed by atoms with Gasteiger partial charge >= 0.3 is 6.61 Å². The number of para-hydroxylation sites is 2. The van der Waals surface area contributed by atoms with Crippen molar-refractivity contribution in [3.8, 4) is 5.75 Å². The van der Waals surface area contributed by atoms with Crippen LogP contribution in [0, 0.1) is 0 Å². The van der Waals surface area contributed by atoms with E-state index in [0.717, 1.165) is 5.69 Å². The number of nitrogens with one attached hydrogen (secondary N) is 2. The molecule has 0 spiro atoms. The number of hydrogen-bond donors (Lipinski definition) is 2. The molecule has 4 nitrogen and oxygen atoms in total. The van der Waals surface area contributed by atoms with E-state index in [9.17, 15) is 13.6 Å². The van der Waals surface area contributed by atoms with Crippen molar-refractivity contribution in [2.45, 2.75) is 39.3 Å². The number of carbonyl (C=O) groups excluding carboxylic acids is 1. The van der Waals surface area contributed by atoms with Crippen LogP contribution in [0.3, 0.4) is 0 Å². The smallest absolute Gasteiger partial charge is 0.387 e. The van der Waals surface area contributed by atoms with Crippen molar-refractivity contribution in [1.82, 2.24) is 0 Å². The summed E-state index contributed by atoms with van der Waals surface area (Å²) in [5.41, 5.74) is 2.22. The van der Waals surface area contributed by atoms with Crippen LogP contribution in [0.4, 0.5) is 20.2 Å². The third-order valence-corrected chi connectivity index (χ3v) is 3.71. The van der Waals surface area contributed by atoms with E-state index in [1.54, 1.807) is 19.1 Å². The maximum absolute atomic E-state index is 12.4. The zero-order chi connectivity index (χ0) is 18.4. The van der Waals surface area contributed by atoms with Gasteiger partial charge in [-0.3, -0.25) is 4.79 Å². The van der Waals surface area contributed by atoms with Gasteiger partial charge in [0.1, 0.15) is 11.8 Å². The predicted octanol–water partition coefficient (Wildman–Crippen LogP) is 4.85.